The Morgan fingerprint density at radius 2 is 2.25 bits per heavy atom. The lowest BCUT2D eigenvalue weighted by Gasteiger charge is -2.25. The minimum Gasteiger partial charge on any atom is -0.491 e. The molecular formula is C17H24N4O3. The quantitative estimate of drug-likeness (QED) is 0.722. The van der Waals surface area contributed by atoms with Gasteiger partial charge in [0.15, 0.2) is 0 Å². The van der Waals surface area contributed by atoms with Gasteiger partial charge in [0.2, 0.25) is 11.7 Å². The summed E-state index contributed by atoms with van der Waals surface area (Å²) in [6.45, 7) is 6.48. The van der Waals surface area contributed by atoms with Crippen LogP contribution < -0.4 is 4.74 Å². The van der Waals surface area contributed by atoms with Crippen molar-refractivity contribution in [2.45, 2.75) is 38.8 Å². The van der Waals surface area contributed by atoms with Gasteiger partial charge >= 0.3 is 0 Å². The van der Waals surface area contributed by atoms with Gasteiger partial charge in [-0.15, -0.1) is 0 Å². The lowest BCUT2D eigenvalue weighted by molar-refractivity contribution is 0.146. The Kier molecular flexibility index (Phi) is 5.42. The number of pyridine rings is 1. The summed E-state index contributed by atoms with van der Waals surface area (Å²) >= 11 is 0. The molecule has 1 unspecified atom stereocenters. The van der Waals surface area contributed by atoms with Gasteiger partial charge < -0.3 is 14.0 Å². The van der Waals surface area contributed by atoms with Crippen molar-refractivity contribution in [3.63, 3.8) is 0 Å². The van der Waals surface area contributed by atoms with Crippen LogP contribution in [0.3, 0.4) is 0 Å². The topological polar surface area (TPSA) is 73.5 Å². The van der Waals surface area contributed by atoms with Gasteiger partial charge in [-0.05, 0) is 39.3 Å². The standard InChI is InChI=1S/C17H24N4O3/c1-12(2)21-8-4-5-15(21)17-19-16(20-24-17)14-11-13(6-7-18-14)23-10-9-22-3/h6-7,11-12,15H,4-5,8-10H2,1-3H3. The van der Waals surface area contributed by atoms with E-state index < -0.39 is 0 Å². The highest BCUT2D eigenvalue weighted by atomic mass is 16.5. The van der Waals surface area contributed by atoms with Crippen LogP contribution >= 0.6 is 0 Å². The van der Waals surface area contributed by atoms with Crippen molar-refractivity contribution in [3.05, 3.63) is 24.2 Å². The number of rotatable bonds is 7. The SMILES string of the molecule is COCCOc1ccnc(-c2noc(C3CCCN3C(C)C)n2)c1. The van der Waals surface area contributed by atoms with E-state index in [4.69, 9.17) is 14.0 Å². The molecule has 0 aromatic carbocycles. The Labute approximate surface area is 142 Å². The molecule has 0 aliphatic carbocycles. The molecule has 0 spiro atoms. The van der Waals surface area contributed by atoms with Crippen LogP contribution in [0, 0.1) is 0 Å². The third-order valence-corrected chi connectivity index (χ3v) is 4.20. The van der Waals surface area contributed by atoms with Crippen molar-refractivity contribution in [1.82, 2.24) is 20.0 Å². The lowest BCUT2D eigenvalue weighted by atomic mass is 10.2. The third kappa shape index (κ3) is 3.73. The molecule has 0 bridgehead atoms. The Morgan fingerprint density at radius 3 is 3.04 bits per heavy atom. The van der Waals surface area contributed by atoms with Crippen molar-refractivity contribution in [2.75, 3.05) is 26.9 Å². The van der Waals surface area contributed by atoms with Crippen LogP contribution in [0.4, 0.5) is 0 Å². The predicted molar refractivity (Wildman–Crippen MR) is 88.7 cm³/mol. The van der Waals surface area contributed by atoms with Crippen LogP contribution in [-0.2, 0) is 4.74 Å². The normalized spacial score (nSPS) is 18.4. The Hall–Kier alpha value is -1.99. The van der Waals surface area contributed by atoms with Crippen LogP contribution in [0.5, 0.6) is 5.75 Å². The summed E-state index contributed by atoms with van der Waals surface area (Å²) in [7, 11) is 1.64. The summed E-state index contributed by atoms with van der Waals surface area (Å²) in [4.78, 5) is 11.3. The van der Waals surface area contributed by atoms with E-state index in [1.54, 1.807) is 19.4 Å². The van der Waals surface area contributed by atoms with E-state index in [1.165, 1.54) is 0 Å². The second-order valence-corrected chi connectivity index (χ2v) is 6.16. The fraction of sp³-hybridized carbons (Fsp3) is 0.588. The van der Waals surface area contributed by atoms with Gasteiger partial charge in [-0.3, -0.25) is 9.88 Å². The molecule has 1 atom stereocenters. The van der Waals surface area contributed by atoms with Gasteiger partial charge in [-0.2, -0.15) is 4.98 Å². The smallest absolute Gasteiger partial charge is 0.244 e. The van der Waals surface area contributed by atoms with Crippen molar-refractivity contribution in [2.24, 2.45) is 0 Å². The molecule has 1 aliphatic rings. The average molecular weight is 332 g/mol. The molecule has 7 heteroatoms. The molecule has 2 aromatic heterocycles. The summed E-state index contributed by atoms with van der Waals surface area (Å²) in [5.41, 5.74) is 0.647. The van der Waals surface area contributed by atoms with E-state index in [0.717, 1.165) is 19.4 Å². The summed E-state index contributed by atoms with van der Waals surface area (Å²) in [6.07, 6.45) is 3.89. The van der Waals surface area contributed by atoms with Crippen LogP contribution in [0.2, 0.25) is 0 Å². The molecule has 3 heterocycles. The van der Waals surface area contributed by atoms with Gasteiger partial charge in [0, 0.05) is 25.4 Å². The predicted octanol–water partition coefficient (Wildman–Crippen LogP) is 2.70. The first-order chi connectivity index (χ1) is 11.7. The summed E-state index contributed by atoms with van der Waals surface area (Å²) < 4.78 is 16.1. The van der Waals surface area contributed by atoms with E-state index in [9.17, 15) is 0 Å². The zero-order valence-electron chi connectivity index (χ0n) is 14.4. The molecular weight excluding hydrogens is 308 g/mol. The Bertz CT molecular complexity index is 659. The molecule has 0 amide bonds. The second kappa shape index (κ2) is 7.72. The molecule has 0 N–H and O–H groups in total. The molecule has 2 aromatic rings. The van der Waals surface area contributed by atoms with E-state index in [1.807, 2.05) is 6.07 Å². The highest BCUT2D eigenvalue weighted by Gasteiger charge is 2.32. The third-order valence-electron chi connectivity index (χ3n) is 4.20. The van der Waals surface area contributed by atoms with E-state index in [2.05, 4.69) is 33.9 Å². The minimum absolute atomic E-state index is 0.201. The molecule has 1 fully saturated rings. The van der Waals surface area contributed by atoms with Gasteiger partial charge in [0.1, 0.15) is 18.1 Å². The summed E-state index contributed by atoms with van der Waals surface area (Å²) in [5, 5.41) is 4.11. The van der Waals surface area contributed by atoms with Gasteiger partial charge in [0.25, 0.3) is 0 Å². The fourth-order valence-corrected chi connectivity index (χ4v) is 3.01. The van der Waals surface area contributed by atoms with Crippen LogP contribution in [-0.4, -0.2) is 52.9 Å². The number of hydrogen-bond donors (Lipinski definition) is 0. The molecule has 1 saturated heterocycles. The molecule has 130 valence electrons. The zero-order chi connectivity index (χ0) is 16.9. The van der Waals surface area contributed by atoms with Gasteiger partial charge in [0.05, 0.1) is 12.6 Å². The maximum atomic E-state index is 5.60. The van der Waals surface area contributed by atoms with E-state index in [-0.39, 0.29) is 6.04 Å². The number of methoxy groups -OCH3 is 1. The number of aromatic nitrogens is 3. The first kappa shape index (κ1) is 16.9. The molecule has 3 rings (SSSR count). The second-order valence-electron chi connectivity index (χ2n) is 6.16. The first-order valence-electron chi connectivity index (χ1n) is 8.36. The van der Waals surface area contributed by atoms with Gasteiger partial charge in [-0.1, -0.05) is 5.16 Å². The molecule has 24 heavy (non-hydrogen) atoms. The van der Waals surface area contributed by atoms with Crippen molar-refractivity contribution in [3.8, 4) is 17.3 Å². The minimum atomic E-state index is 0.201. The largest absolute Gasteiger partial charge is 0.491 e. The molecule has 0 radical (unpaired) electrons. The Morgan fingerprint density at radius 1 is 1.38 bits per heavy atom. The number of nitrogens with zero attached hydrogens (tertiary/aromatic N) is 4. The lowest BCUT2D eigenvalue weighted by Crippen LogP contribution is -2.30. The summed E-state index contributed by atoms with van der Waals surface area (Å²) in [6, 6.07) is 4.28. The van der Waals surface area contributed by atoms with Crippen LogP contribution in [0.25, 0.3) is 11.5 Å². The molecule has 1 aliphatic heterocycles. The maximum Gasteiger partial charge on any atom is 0.244 e. The highest BCUT2D eigenvalue weighted by molar-refractivity contribution is 5.50. The van der Waals surface area contributed by atoms with E-state index in [0.29, 0.717) is 42.4 Å². The fourth-order valence-electron chi connectivity index (χ4n) is 3.01. The van der Waals surface area contributed by atoms with Crippen LogP contribution in [0.15, 0.2) is 22.9 Å². The molecule has 0 saturated carbocycles. The number of ether oxygens (including phenoxy) is 2. The summed E-state index contributed by atoms with van der Waals surface area (Å²) in [5.74, 6) is 1.88. The van der Waals surface area contributed by atoms with Crippen LogP contribution in [0.1, 0.15) is 38.6 Å². The Balaban J connectivity index is 1.74. The van der Waals surface area contributed by atoms with Gasteiger partial charge in [-0.25, -0.2) is 0 Å². The zero-order valence-corrected chi connectivity index (χ0v) is 14.4. The monoisotopic (exact) mass is 332 g/mol. The van der Waals surface area contributed by atoms with Crippen molar-refractivity contribution in [1.29, 1.82) is 0 Å². The van der Waals surface area contributed by atoms with Crippen molar-refractivity contribution >= 4 is 0 Å². The number of hydrogen-bond acceptors (Lipinski definition) is 7. The average Bonchev–Trinajstić information content (AvgIpc) is 3.24. The van der Waals surface area contributed by atoms with E-state index >= 15 is 0 Å². The first-order valence-corrected chi connectivity index (χ1v) is 8.36. The number of likely N-dealkylation sites (tertiary alicyclic amines) is 1. The highest BCUT2D eigenvalue weighted by Crippen LogP contribution is 2.33. The molecule has 7 nitrogen and oxygen atoms in total. The maximum absolute atomic E-state index is 5.60. The van der Waals surface area contributed by atoms with Crippen molar-refractivity contribution < 1.29 is 14.0 Å².